The third-order valence-corrected chi connectivity index (χ3v) is 2.53. The molecular weight excluding hydrogens is 268 g/mol. The normalized spacial score (nSPS) is 10.2. The van der Waals surface area contributed by atoms with Gasteiger partial charge < -0.3 is 9.84 Å². The topological polar surface area (TPSA) is 124 Å². The number of aryl methyl sites for hydroxylation is 1. The van der Waals surface area contributed by atoms with Gasteiger partial charge in [-0.1, -0.05) is 5.16 Å². The van der Waals surface area contributed by atoms with E-state index in [0.717, 1.165) is 6.07 Å². The molecule has 0 fully saturated rings. The molecule has 0 aliphatic heterocycles. The van der Waals surface area contributed by atoms with Crippen LogP contribution >= 0.6 is 0 Å². The van der Waals surface area contributed by atoms with Gasteiger partial charge in [-0.2, -0.15) is 0 Å². The molecule has 1 aromatic heterocycles. The summed E-state index contributed by atoms with van der Waals surface area (Å²) in [5.41, 5.74) is 0.0651. The molecule has 9 nitrogen and oxygen atoms in total. The summed E-state index contributed by atoms with van der Waals surface area (Å²) >= 11 is 0. The van der Waals surface area contributed by atoms with Crippen molar-refractivity contribution in [2.45, 2.75) is 13.5 Å². The van der Waals surface area contributed by atoms with Gasteiger partial charge in [-0.3, -0.25) is 20.2 Å². The van der Waals surface area contributed by atoms with Gasteiger partial charge in [0.25, 0.3) is 11.4 Å². The van der Waals surface area contributed by atoms with Crippen LogP contribution in [0.25, 0.3) is 0 Å². The number of aromatic nitrogens is 1. The van der Waals surface area contributed by atoms with Crippen LogP contribution in [-0.2, 0) is 6.54 Å². The van der Waals surface area contributed by atoms with E-state index in [-0.39, 0.29) is 23.6 Å². The first-order valence-electron chi connectivity index (χ1n) is 5.56. The molecule has 0 amide bonds. The van der Waals surface area contributed by atoms with Crippen molar-refractivity contribution in [3.63, 3.8) is 0 Å². The van der Waals surface area contributed by atoms with Crippen LogP contribution in [-0.4, -0.2) is 15.0 Å². The molecule has 20 heavy (non-hydrogen) atoms. The standard InChI is InChI=1S/C11H10N4O5/c1-7-4-8(13-20-7)6-12-10-3-2-9(14(16)17)5-11(10)15(18)19/h2-5,12H,6H2,1H3. The molecule has 0 saturated heterocycles. The summed E-state index contributed by atoms with van der Waals surface area (Å²) in [5, 5.41) is 28.1. The fourth-order valence-corrected chi connectivity index (χ4v) is 1.62. The van der Waals surface area contributed by atoms with E-state index in [9.17, 15) is 20.2 Å². The summed E-state index contributed by atoms with van der Waals surface area (Å²) in [5.74, 6) is 0.625. The van der Waals surface area contributed by atoms with Gasteiger partial charge in [-0.05, 0) is 13.0 Å². The Morgan fingerprint density at radius 3 is 2.55 bits per heavy atom. The Hall–Kier alpha value is -2.97. The summed E-state index contributed by atoms with van der Waals surface area (Å²) in [6.07, 6.45) is 0. The molecule has 0 aliphatic rings. The number of nitrogens with zero attached hydrogens (tertiary/aromatic N) is 3. The first-order chi connectivity index (χ1) is 9.47. The highest BCUT2D eigenvalue weighted by Crippen LogP contribution is 2.29. The Labute approximate surface area is 112 Å². The number of nitro benzene ring substituents is 2. The van der Waals surface area contributed by atoms with Crippen LogP contribution < -0.4 is 5.32 Å². The maximum Gasteiger partial charge on any atom is 0.299 e. The number of benzene rings is 1. The minimum absolute atomic E-state index is 0.182. The molecule has 9 heteroatoms. The number of anilines is 1. The average Bonchev–Trinajstić information content (AvgIpc) is 2.81. The van der Waals surface area contributed by atoms with Crippen molar-refractivity contribution in [1.82, 2.24) is 5.16 Å². The van der Waals surface area contributed by atoms with Crippen LogP contribution in [0.2, 0.25) is 0 Å². The Kier molecular flexibility index (Phi) is 3.60. The van der Waals surface area contributed by atoms with Gasteiger partial charge in [0.05, 0.1) is 22.5 Å². The van der Waals surface area contributed by atoms with Gasteiger partial charge in [0.15, 0.2) is 0 Å². The minimum Gasteiger partial charge on any atom is -0.374 e. The van der Waals surface area contributed by atoms with Gasteiger partial charge in [0.2, 0.25) is 0 Å². The van der Waals surface area contributed by atoms with Gasteiger partial charge in [0, 0.05) is 12.1 Å². The van der Waals surface area contributed by atoms with Gasteiger partial charge >= 0.3 is 0 Å². The lowest BCUT2D eigenvalue weighted by Gasteiger charge is -2.04. The quantitative estimate of drug-likeness (QED) is 0.657. The van der Waals surface area contributed by atoms with Crippen molar-refractivity contribution in [3.8, 4) is 0 Å². The van der Waals surface area contributed by atoms with Gasteiger partial charge in [-0.15, -0.1) is 0 Å². The zero-order chi connectivity index (χ0) is 14.7. The smallest absolute Gasteiger partial charge is 0.299 e. The zero-order valence-electron chi connectivity index (χ0n) is 10.4. The molecule has 0 bridgehead atoms. The SMILES string of the molecule is Cc1cc(CNc2ccc([N+](=O)[O-])cc2[N+](=O)[O-])no1. The number of non-ortho nitro benzene ring substituents is 1. The van der Waals surface area contributed by atoms with Crippen molar-refractivity contribution in [2.24, 2.45) is 0 Å². The molecule has 0 aliphatic carbocycles. The largest absolute Gasteiger partial charge is 0.374 e. The Morgan fingerprint density at radius 1 is 1.25 bits per heavy atom. The predicted molar refractivity (Wildman–Crippen MR) is 68.3 cm³/mol. The third kappa shape index (κ3) is 2.88. The first-order valence-corrected chi connectivity index (χ1v) is 5.56. The molecule has 104 valence electrons. The van der Waals surface area contributed by atoms with Crippen LogP contribution in [0, 0.1) is 27.2 Å². The summed E-state index contributed by atoms with van der Waals surface area (Å²) in [6.45, 7) is 1.95. The zero-order valence-corrected chi connectivity index (χ0v) is 10.4. The fourth-order valence-electron chi connectivity index (χ4n) is 1.62. The van der Waals surface area contributed by atoms with E-state index < -0.39 is 9.85 Å². The van der Waals surface area contributed by atoms with Crippen LogP contribution in [0.4, 0.5) is 17.1 Å². The molecular formula is C11H10N4O5. The number of nitro groups is 2. The lowest BCUT2D eigenvalue weighted by atomic mass is 10.2. The monoisotopic (exact) mass is 278 g/mol. The van der Waals surface area contributed by atoms with E-state index in [1.807, 2.05) is 0 Å². The van der Waals surface area contributed by atoms with Crippen LogP contribution in [0.5, 0.6) is 0 Å². The van der Waals surface area contributed by atoms with Crippen molar-refractivity contribution >= 4 is 17.1 Å². The second-order valence-electron chi connectivity index (χ2n) is 4.00. The van der Waals surface area contributed by atoms with E-state index in [1.54, 1.807) is 13.0 Å². The minimum atomic E-state index is -0.683. The van der Waals surface area contributed by atoms with Crippen LogP contribution in [0.1, 0.15) is 11.5 Å². The lowest BCUT2D eigenvalue weighted by molar-refractivity contribution is -0.393. The Morgan fingerprint density at radius 2 is 2.00 bits per heavy atom. The number of hydrogen-bond donors (Lipinski definition) is 1. The molecule has 1 aromatic carbocycles. The van der Waals surface area contributed by atoms with E-state index >= 15 is 0 Å². The molecule has 0 unspecified atom stereocenters. The maximum absolute atomic E-state index is 10.9. The second-order valence-corrected chi connectivity index (χ2v) is 4.00. The highest BCUT2D eigenvalue weighted by molar-refractivity contribution is 5.65. The Bertz CT molecular complexity index is 667. The molecule has 2 aromatic rings. The molecule has 1 N–H and O–H groups in total. The van der Waals surface area contributed by atoms with E-state index in [0.29, 0.717) is 11.5 Å². The van der Waals surface area contributed by atoms with E-state index in [1.165, 1.54) is 12.1 Å². The molecule has 0 spiro atoms. The van der Waals surface area contributed by atoms with E-state index in [4.69, 9.17) is 4.52 Å². The second kappa shape index (κ2) is 5.34. The molecule has 0 atom stereocenters. The molecule has 2 rings (SSSR count). The fraction of sp³-hybridized carbons (Fsp3) is 0.182. The number of nitrogens with one attached hydrogen (secondary N) is 1. The Balaban J connectivity index is 2.22. The lowest BCUT2D eigenvalue weighted by Crippen LogP contribution is -2.03. The molecule has 0 radical (unpaired) electrons. The van der Waals surface area contributed by atoms with Crippen molar-refractivity contribution < 1.29 is 14.4 Å². The third-order valence-electron chi connectivity index (χ3n) is 2.53. The molecule has 1 heterocycles. The summed E-state index contributed by atoms with van der Waals surface area (Å²) in [6, 6.07) is 5.09. The van der Waals surface area contributed by atoms with Gasteiger partial charge in [-0.25, -0.2) is 0 Å². The summed E-state index contributed by atoms with van der Waals surface area (Å²) in [4.78, 5) is 20.2. The van der Waals surface area contributed by atoms with Crippen LogP contribution in [0.3, 0.4) is 0 Å². The highest BCUT2D eigenvalue weighted by Gasteiger charge is 2.19. The maximum atomic E-state index is 10.9. The average molecular weight is 278 g/mol. The summed E-state index contributed by atoms with van der Waals surface area (Å²) < 4.78 is 4.87. The van der Waals surface area contributed by atoms with Crippen molar-refractivity contribution in [2.75, 3.05) is 5.32 Å². The molecule has 0 saturated carbocycles. The first kappa shape index (κ1) is 13.5. The van der Waals surface area contributed by atoms with Crippen molar-refractivity contribution in [1.29, 1.82) is 0 Å². The number of hydrogen-bond acceptors (Lipinski definition) is 7. The van der Waals surface area contributed by atoms with Crippen LogP contribution in [0.15, 0.2) is 28.8 Å². The van der Waals surface area contributed by atoms with E-state index in [2.05, 4.69) is 10.5 Å². The van der Waals surface area contributed by atoms with Gasteiger partial charge in [0.1, 0.15) is 17.1 Å². The summed E-state index contributed by atoms with van der Waals surface area (Å²) in [7, 11) is 0. The van der Waals surface area contributed by atoms with Crippen molar-refractivity contribution in [3.05, 3.63) is 55.9 Å². The predicted octanol–water partition coefficient (Wildman–Crippen LogP) is 2.41. The highest BCUT2D eigenvalue weighted by atomic mass is 16.6. The number of rotatable bonds is 5.